The molecule has 2 nitrogen and oxygen atoms in total. The van der Waals surface area contributed by atoms with Crippen molar-refractivity contribution in [2.24, 2.45) is 0 Å². The van der Waals surface area contributed by atoms with Gasteiger partial charge in [0.1, 0.15) is 0 Å². The number of rotatable bonds is 1. The summed E-state index contributed by atoms with van der Waals surface area (Å²) in [5.41, 5.74) is -6.77. The molecule has 0 N–H and O–H groups in total. The van der Waals surface area contributed by atoms with Gasteiger partial charge in [0.15, 0.2) is 0 Å². The van der Waals surface area contributed by atoms with Gasteiger partial charge >= 0.3 is 18.0 Å². The highest BCUT2D eigenvalue weighted by molar-refractivity contribution is 5.38. The number of fused-ring (bicyclic) bond motifs is 3. The van der Waals surface area contributed by atoms with E-state index in [9.17, 15) is 30.7 Å². The molecule has 1 aliphatic carbocycles. The fourth-order valence-electron chi connectivity index (χ4n) is 4.20. The summed E-state index contributed by atoms with van der Waals surface area (Å²) < 4.78 is 91.7. The monoisotopic (exact) mass is 370 g/mol. The van der Waals surface area contributed by atoms with E-state index in [2.05, 4.69) is 9.88 Å². The van der Waals surface area contributed by atoms with E-state index < -0.39 is 29.1 Å². The van der Waals surface area contributed by atoms with Gasteiger partial charge in [0.2, 0.25) is 0 Å². The Labute approximate surface area is 140 Å². The van der Waals surface area contributed by atoms with Gasteiger partial charge in [-0.1, -0.05) is 13.0 Å². The Hall–Kier alpha value is -1.38. The zero-order valence-corrected chi connectivity index (χ0v) is 13.6. The summed E-state index contributed by atoms with van der Waals surface area (Å²) in [6, 6.07) is 1.87. The first-order chi connectivity index (χ1) is 11.3. The van der Waals surface area contributed by atoms with E-state index in [-0.39, 0.29) is 18.2 Å². The number of aryl methyl sites for hydroxylation is 1. The van der Waals surface area contributed by atoms with E-state index >= 15 is 0 Å². The highest BCUT2D eigenvalue weighted by Gasteiger charge is 2.74. The summed E-state index contributed by atoms with van der Waals surface area (Å²) in [6.45, 7) is 2.71. The quantitative estimate of drug-likeness (QED) is 0.686. The molecule has 2 unspecified atom stereocenters. The number of likely N-dealkylation sites (N-methyl/N-ethyl adjacent to an activating group) is 1. The lowest BCUT2D eigenvalue weighted by molar-refractivity contribution is -0.350. The van der Waals surface area contributed by atoms with Crippen LogP contribution in [-0.4, -0.2) is 41.9 Å². The van der Waals surface area contributed by atoms with Crippen molar-refractivity contribution >= 4 is 0 Å². The minimum atomic E-state index is -6.14. The molecule has 0 saturated carbocycles. The van der Waals surface area contributed by atoms with E-state index in [0.717, 1.165) is 13.0 Å². The third kappa shape index (κ3) is 2.45. The molecular weight excluding hydrogens is 353 g/mol. The number of pyridine rings is 1. The van der Waals surface area contributed by atoms with Gasteiger partial charge in [-0.2, -0.15) is 26.3 Å². The minimum absolute atomic E-state index is 0.127. The van der Waals surface area contributed by atoms with E-state index in [4.69, 9.17) is 0 Å². The van der Waals surface area contributed by atoms with Gasteiger partial charge in [0.05, 0.1) is 5.69 Å². The zero-order valence-electron chi connectivity index (χ0n) is 13.6. The maximum Gasteiger partial charge on any atom is 0.437 e. The topological polar surface area (TPSA) is 16.1 Å². The van der Waals surface area contributed by atoms with Crippen LogP contribution in [0.15, 0.2) is 12.1 Å². The summed E-state index contributed by atoms with van der Waals surface area (Å²) in [7, 11) is 1.93. The highest BCUT2D eigenvalue weighted by Crippen LogP contribution is 2.53. The lowest BCUT2D eigenvalue weighted by Crippen LogP contribution is -2.51. The third-order valence-corrected chi connectivity index (χ3v) is 5.63. The number of alkyl halides is 7. The molecule has 9 heteroatoms. The summed E-state index contributed by atoms with van der Waals surface area (Å²) in [5, 5.41) is 0. The number of likely N-dealkylation sites (tertiary alicyclic amines) is 1. The van der Waals surface area contributed by atoms with Crippen LogP contribution in [0.3, 0.4) is 0 Å². The second kappa shape index (κ2) is 5.31. The predicted octanol–water partition coefficient (Wildman–Crippen LogP) is 4.28. The summed E-state index contributed by atoms with van der Waals surface area (Å²) in [4.78, 5) is 5.64. The Morgan fingerprint density at radius 1 is 1.08 bits per heavy atom. The molecule has 0 bridgehead atoms. The average molecular weight is 370 g/mol. The number of hydrogen-bond acceptors (Lipinski definition) is 2. The second-order valence-electron chi connectivity index (χ2n) is 7.05. The average Bonchev–Trinajstić information content (AvgIpc) is 2.79. The Kier molecular flexibility index (Phi) is 3.91. The van der Waals surface area contributed by atoms with Crippen LogP contribution >= 0.6 is 0 Å². The van der Waals surface area contributed by atoms with Crippen LogP contribution in [0.25, 0.3) is 0 Å². The Morgan fingerprint density at radius 3 is 2.24 bits per heavy atom. The van der Waals surface area contributed by atoms with Crippen LogP contribution in [0, 0.1) is 0 Å². The highest BCUT2D eigenvalue weighted by atomic mass is 19.4. The first-order valence-electron chi connectivity index (χ1n) is 7.86. The maximum absolute atomic E-state index is 14.2. The Morgan fingerprint density at radius 2 is 1.68 bits per heavy atom. The fourth-order valence-corrected chi connectivity index (χ4v) is 4.20. The molecule has 0 spiro atoms. The third-order valence-electron chi connectivity index (χ3n) is 5.63. The SMILES string of the molecule is CN1CCC2(C)c3ccc(C(F)(C(F)(F)F)C(F)(F)F)nc3CCC12. The smallest absolute Gasteiger partial charge is 0.302 e. The van der Waals surface area contributed by atoms with Gasteiger partial charge in [-0.3, -0.25) is 4.98 Å². The molecular formula is C16H17F7N2. The van der Waals surface area contributed by atoms with Crippen molar-refractivity contribution in [1.29, 1.82) is 0 Å². The molecule has 0 aromatic carbocycles. The van der Waals surface area contributed by atoms with Crippen LogP contribution < -0.4 is 0 Å². The first-order valence-corrected chi connectivity index (χ1v) is 7.86. The number of halogens is 7. The van der Waals surface area contributed by atoms with E-state index in [1.165, 1.54) is 6.07 Å². The minimum Gasteiger partial charge on any atom is -0.302 e. The van der Waals surface area contributed by atoms with Gasteiger partial charge in [-0.25, -0.2) is 4.39 Å². The maximum atomic E-state index is 14.2. The molecule has 1 aromatic rings. The van der Waals surface area contributed by atoms with Crippen LogP contribution in [0.4, 0.5) is 30.7 Å². The molecule has 1 aliphatic heterocycles. The van der Waals surface area contributed by atoms with Crippen molar-refractivity contribution in [3.05, 3.63) is 29.1 Å². The standard InChI is InChI=1S/C16H17F7N2/c1-13-7-8-25(2)12(13)6-4-10-9(13)3-5-11(24-10)14(17,15(18,19)20)16(21,22)23/h3,5,12H,4,6-8H2,1-2H3. The van der Waals surface area contributed by atoms with Gasteiger partial charge in [-0.15, -0.1) is 0 Å². The van der Waals surface area contributed by atoms with Crippen molar-refractivity contribution < 1.29 is 30.7 Å². The largest absolute Gasteiger partial charge is 0.437 e. The van der Waals surface area contributed by atoms with Gasteiger partial charge in [0.25, 0.3) is 0 Å². The van der Waals surface area contributed by atoms with Gasteiger partial charge in [0, 0.05) is 17.2 Å². The van der Waals surface area contributed by atoms with Gasteiger partial charge < -0.3 is 4.90 Å². The number of hydrogen-bond donors (Lipinski definition) is 0. The molecule has 2 aliphatic rings. The van der Waals surface area contributed by atoms with Crippen molar-refractivity contribution in [3.63, 3.8) is 0 Å². The molecule has 25 heavy (non-hydrogen) atoms. The zero-order chi connectivity index (χ0) is 18.8. The van der Waals surface area contributed by atoms with Gasteiger partial charge in [-0.05, 0) is 44.5 Å². The molecule has 2 atom stereocenters. The summed E-state index contributed by atoms with van der Waals surface area (Å²) in [6.07, 6.45) is -10.8. The lowest BCUT2D eigenvalue weighted by atomic mass is 9.69. The van der Waals surface area contributed by atoms with Crippen LogP contribution in [0.5, 0.6) is 0 Å². The Bertz CT molecular complexity index is 668. The van der Waals surface area contributed by atoms with Crippen LogP contribution in [0.1, 0.15) is 36.7 Å². The van der Waals surface area contributed by atoms with Crippen molar-refractivity contribution in [2.45, 2.75) is 55.7 Å². The second-order valence-corrected chi connectivity index (χ2v) is 7.05. The molecule has 0 radical (unpaired) electrons. The fraction of sp³-hybridized carbons (Fsp3) is 0.688. The molecule has 1 fully saturated rings. The molecule has 1 aromatic heterocycles. The van der Waals surface area contributed by atoms with Crippen LogP contribution in [-0.2, 0) is 17.5 Å². The summed E-state index contributed by atoms with van der Waals surface area (Å²) in [5.74, 6) is 0. The molecule has 140 valence electrons. The number of aromatic nitrogens is 1. The van der Waals surface area contributed by atoms with Crippen molar-refractivity contribution in [1.82, 2.24) is 9.88 Å². The van der Waals surface area contributed by atoms with E-state index in [0.29, 0.717) is 18.1 Å². The molecule has 3 rings (SSSR count). The van der Waals surface area contributed by atoms with Crippen LogP contribution in [0.2, 0.25) is 0 Å². The van der Waals surface area contributed by atoms with E-state index in [1.54, 1.807) is 0 Å². The van der Waals surface area contributed by atoms with Crippen molar-refractivity contribution in [2.75, 3.05) is 13.6 Å². The molecule has 1 saturated heterocycles. The lowest BCUT2D eigenvalue weighted by Gasteiger charge is -2.40. The molecule has 2 heterocycles. The first kappa shape index (κ1) is 18.4. The summed E-state index contributed by atoms with van der Waals surface area (Å²) >= 11 is 0. The molecule has 0 amide bonds. The predicted molar refractivity (Wildman–Crippen MR) is 75.8 cm³/mol. The van der Waals surface area contributed by atoms with Crippen molar-refractivity contribution in [3.8, 4) is 0 Å². The number of nitrogens with zero attached hydrogens (tertiary/aromatic N) is 2. The van der Waals surface area contributed by atoms with E-state index in [1.807, 2.05) is 14.0 Å². The normalized spacial score (nSPS) is 28.0. The Balaban J connectivity index is 2.11.